The number of aryl methyl sites for hydroxylation is 1. The van der Waals surface area contributed by atoms with Crippen molar-refractivity contribution in [3.8, 4) is 0 Å². The number of carbonyl (C=O) groups excluding carboxylic acids is 2. The normalized spacial score (nSPS) is 11.1. The summed E-state index contributed by atoms with van der Waals surface area (Å²) in [5, 5.41) is 2.72. The lowest BCUT2D eigenvalue weighted by Crippen LogP contribution is -2.30. The molecule has 0 fully saturated rings. The predicted molar refractivity (Wildman–Crippen MR) is 115 cm³/mol. The molecule has 6 nitrogen and oxygen atoms in total. The lowest BCUT2D eigenvalue weighted by Gasteiger charge is -2.11. The fourth-order valence-corrected chi connectivity index (χ4v) is 5.55. The highest BCUT2D eigenvalue weighted by Gasteiger charge is 2.24. The van der Waals surface area contributed by atoms with Crippen LogP contribution < -0.4 is 10.0 Å². The molecule has 3 rings (SSSR count). The van der Waals surface area contributed by atoms with Gasteiger partial charge in [-0.15, -0.1) is 11.3 Å². The molecule has 0 aliphatic rings. The van der Waals surface area contributed by atoms with E-state index in [4.69, 9.17) is 23.2 Å². The van der Waals surface area contributed by atoms with Crippen LogP contribution in [0.5, 0.6) is 0 Å². The molecule has 2 aromatic carbocycles. The topological polar surface area (TPSA) is 92.3 Å². The Balaban J connectivity index is 1.82. The van der Waals surface area contributed by atoms with E-state index in [1.807, 2.05) is 4.72 Å². The summed E-state index contributed by atoms with van der Waals surface area (Å²) in [6.45, 7) is 1.76. The second-order valence-corrected chi connectivity index (χ2v) is 9.91. The van der Waals surface area contributed by atoms with Crippen molar-refractivity contribution < 1.29 is 18.0 Å². The van der Waals surface area contributed by atoms with Gasteiger partial charge in [0.1, 0.15) is 9.23 Å². The maximum atomic E-state index is 12.5. The summed E-state index contributed by atoms with van der Waals surface area (Å²) in [6, 6.07) is 14.2. The van der Waals surface area contributed by atoms with Gasteiger partial charge in [-0.1, -0.05) is 47.5 Å². The van der Waals surface area contributed by atoms with E-state index in [0.717, 1.165) is 11.3 Å². The van der Waals surface area contributed by atoms with Crippen molar-refractivity contribution in [2.24, 2.45) is 0 Å². The summed E-state index contributed by atoms with van der Waals surface area (Å²) in [5.41, 5.74) is 1.61. The van der Waals surface area contributed by atoms with Crippen LogP contribution in [-0.2, 0) is 10.0 Å². The van der Waals surface area contributed by atoms with Gasteiger partial charge in [0.2, 0.25) is 0 Å². The third-order valence-corrected chi connectivity index (χ3v) is 7.01. The molecule has 0 saturated carbocycles. The number of carbonyl (C=O) groups is 2. The van der Waals surface area contributed by atoms with Gasteiger partial charge in [-0.05, 0) is 42.8 Å². The molecule has 0 unspecified atom stereocenters. The standard InChI is InChI=1S/C19H14Cl2N2O4S2/c1-11-7-8-13(9-14(11)22-18(24)12-5-3-2-4-6-12)19(25)23-29(26,27)15-10-16(20)28-17(15)21/h2-10H,1H3,(H,22,24)(H,23,25). The summed E-state index contributed by atoms with van der Waals surface area (Å²) >= 11 is 12.5. The zero-order valence-electron chi connectivity index (χ0n) is 14.9. The molecule has 0 radical (unpaired) electrons. The zero-order chi connectivity index (χ0) is 21.2. The van der Waals surface area contributed by atoms with E-state index >= 15 is 0 Å². The van der Waals surface area contributed by atoms with Gasteiger partial charge in [0.05, 0.1) is 4.34 Å². The summed E-state index contributed by atoms with van der Waals surface area (Å²) in [4.78, 5) is 24.6. The number of hydrogen-bond donors (Lipinski definition) is 2. The van der Waals surface area contributed by atoms with Crippen LogP contribution in [0.3, 0.4) is 0 Å². The van der Waals surface area contributed by atoms with Gasteiger partial charge < -0.3 is 5.32 Å². The lowest BCUT2D eigenvalue weighted by molar-refractivity contribution is 0.0979. The first-order chi connectivity index (χ1) is 13.7. The molecule has 0 saturated heterocycles. The van der Waals surface area contributed by atoms with Crippen LogP contribution in [0.25, 0.3) is 0 Å². The van der Waals surface area contributed by atoms with E-state index in [9.17, 15) is 18.0 Å². The molecular weight excluding hydrogens is 455 g/mol. The minimum Gasteiger partial charge on any atom is -0.322 e. The first kappa shape index (κ1) is 21.3. The molecular formula is C19H14Cl2N2O4S2. The SMILES string of the molecule is Cc1ccc(C(=O)NS(=O)(=O)c2cc(Cl)sc2Cl)cc1NC(=O)c1ccccc1. The molecule has 150 valence electrons. The zero-order valence-corrected chi connectivity index (χ0v) is 18.0. The Bertz CT molecular complexity index is 1190. The Morgan fingerprint density at radius 2 is 1.62 bits per heavy atom. The second kappa shape index (κ2) is 8.54. The first-order valence-corrected chi connectivity index (χ1v) is 11.2. The van der Waals surface area contributed by atoms with Crippen molar-refractivity contribution in [2.75, 3.05) is 5.32 Å². The summed E-state index contributed by atoms with van der Waals surface area (Å²) < 4.78 is 27.0. The van der Waals surface area contributed by atoms with Crippen LogP contribution in [0.4, 0.5) is 5.69 Å². The van der Waals surface area contributed by atoms with Crippen LogP contribution >= 0.6 is 34.5 Å². The van der Waals surface area contributed by atoms with Crippen molar-refractivity contribution in [2.45, 2.75) is 11.8 Å². The van der Waals surface area contributed by atoms with Gasteiger partial charge >= 0.3 is 0 Å². The van der Waals surface area contributed by atoms with Crippen molar-refractivity contribution >= 4 is 62.1 Å². The smallest absolute Gasteiger partial charge is 0.266 e. The van der Waals surface area contributed by atoms with Gasteiger partial charge in [0.15, 0.2) is 0 Å². The lowest BCUT2D eigenvalue weighted by atomic mass is 10.1. The first-order valence-electron chi connectivity index (χ1n) is 8.16. The molecule has 0 spiro atoms. The molecule has 0 bridgehead atoms. The van der Waals surface area contributed by atoms with E-state index in [1.54, 1.807) is 43.3 Å². The van der Waals surface area contributed by atoms with E-state index < -0.39 is 15.9 Å². The van der Waals surface area contributed by atoms with Crippen molar-refractivity contribution in [1.82, 2.24) is 4.72 Å². The second-order valence-electron chi connectivity index (χ2n) is 5.97. The van der Waals surface area contributed by atoms with Gasteiger partial charge in [0, 0.05) is 16.8 Å². The average Bonchev–Trinajstić information content (AvgIpc) is 3.03. The van der Waals surface area contributed by atoms with E-state index in [-0.39, 0.29) is 25.0 Å². The van der Waals surface area contributed by atoms with Crippen LogP contribution in [-0.4, -0.2) is 20.2 Å². The van der Waals surface area contributed by atoms with Crippen molar-refractivity contribution in [3.63, 3.8) is 0 Å². The highest BCUT2D eigenvalue weighted by molar-refractivity contribution is 7.90. The molecule has 2 N–H and O–H groups in total. The Labute approximate surface area is 181 Å². The molecule has 1 heterocycles. The monoisotopic (exact) mass is 468 g/mol. The Kier molecular flexibility index (Phi) is 6.28. The summed E-state index contributed by atoms with van der Waals surface area (Å²) in [7, 11) is -4.20. The maximum Gasteiger partial charge on any atom is 0.266 e. The molecule has 29 heavy (non-hydrogen) atoms. The third-order valence-electron chi connectivity index (χ3n) is 3.93. The summed E-state index contributed by atoms with van der Waals surface area (Å²) in [5.74, 6) is -1.21. The minimum atomic E-state index is -4.20. The number of amides is 2. The highest BCUT2D eigenvalue weighted by atomic mass is 35.5. The largest absolute Gasteiger partial charge is 0.322 e. The molecule has 0 aliphatic heterocycles. The van der Waals surface area contributed by atoms with Gasteiger partial charge in [-0.2, -0.15) is 0 Å². The number of hydrogen-bond acceptors (Lipinski definition) is 5. The molecule has 10 heteroatoms. The molecule has 3 aromatic rings. The summed E-state index contributed by atoms with van der Waals surface area (Å²) in [6.07, 6.45) is 0. The Morgan fingerprint density at radius 3 is 2.24 bits per heavy atom. The van der Waals surface area contributed by atoms with Gasteiger partial charge in [-0.25, -0.2) is 13.1 Å². The Morgan fingerprint density at radius 1 is 0.931 bits per heavy atom. The van der Waals surface area contributed by atoms with Crippen LogP contribution in [0.1, 0.15) is 26.3 Å². The van der Waals surface area contributed by atoms with Crippen molar-refractivity contribution in [1.29, 1.82) is 0 Å². The predicted octanol–water partition coefficient (Wildman–Crippen LogP) is 4.73. The van der Waals surface area contributed by atoms with E-state index in [1.165, 1.54) is 18.2 Å². The number of halogens is 2. The Hall–Kier alpha value is -2.39. The fourth-order valence-electron chi connectivity index (χ4n) is 2.43. The highest BCUT2D eigenvalue weighted by Crippen LogP contribution is 2.34. The average molecular weight is 469 g/mol. The number of rotatable bonds is 5. The molecule has 0 atom stereocenters. The van der Waals surface area contributed by atoms with Crippen LogP contribution in [0, 0.1) is 6.92 Å². The van der Waals surface area contributed by atoms with E-state index in [0.29, 0.717) is 16.8 Å². The quantitative estimate of drug-likeness (QED) is 0.565. The number of thiophene rings is 1. The number of sulfonamides is 1. The van der Waals surface area contributed by atoms with Crippen LogP contribution in [0.2, 0.25) is 8.67 Å². The van der Waals surface area contributed by atoms with Crippen molar-refractivity contribution in [3.05, 3.63) is 80.0 Å². The van der Waals surface area contributed by atoms with Gasteiger partial charge in [-0.3, -0.25) is 9.59 Å². The fraction of sp³-hybridized carbons (Fsp3) is 0.0526. The number of anilines is 1. The number of nitrogens with one attached hydrogen (secondary N) is 2. The van der Waals surface area contributed by atoms with Crippen LogP contribution in [0.15, 0.2) is 59.5 Å². The number of benzene rings is 2. The maximum absolute atomic E-state index is 12.5. The molecule has 1 aromatic heterocycles. The molecule has 2 amide bonds. The van der Waals surface area contributed by atoms with E-state index in [2.05, 4.69) is 5.32 Å². The minimum absolute atomic E-state index is 0.0463. The third kappa shape index (κ3) is 4.97. The van der Waals surface area contributed by atoms with Gasteiger partial charge in [0.25, 0.3) is 21.8 Å². The molecule has 0 aliphatic carbocycles.